The monoisotopic (exact) mass is 372 g/mol. The summed E-state index contributed by atoms with van der Waals surface area (Å²) >= 11 is 0. The Kier molecular flexibility index (Phi) is 3.42. The Morgan fingerprint density at radius 2 is 1.29 bits per heavy atom. The van der Waals surface area contributed by atoms with Gasteiger partial charge in [0.2, 0.25) is 0 Å². The van der Waals surface area contributed by atoms with Gasteiger partial charge in [-0.25, -0.2) is 0 Å². The zero-order valence-corrected chi connectivity index (χ0v) is 15.3. The fourth-order valence-electron chi connectivity index (χ4n) is 3.37. The lowest BCUT2D eigenvalue weighted by Crippen LogP contribution is -2.11. The van der Waals surface area contributed by atoms with Crippen LogP contribution < -0.4 is 11.1 Å². The Balaban J connectivity index is 1.65. The maximum Gasteiger partial charge on any atom is 0.295 e. The molecule has 2 heterocycles. The molecule has 5 rings (SSSR count). The Morgan fingerprint density at radius 1 is 0.714 bits per heavy atom. The van der Waals surface area contributed by atoms with Gasteiger partial charge < -0.3 is 9.05 Å². The van der Waals surface area contributed by atoms with Crippen molar-refractivity contribution in [3.8, 4) is 16.8 Å². The zero-order valence-electron chi connectivity index (χ0n) is 15.3. The van der Waals surface area contributed by atoms with E-state index in [-0.39, 0.29) is 11.1 Å². The number of fused-ring (bicyclic) bond motifs is 2. The van der Waals surface area contributed by atoms with E-state index in [1.54, 1.807) is 19.2 Å². The van der Waals surface area contributed by atoms with E-state index in [2.05, 4.69) is 0 Å². The second kappa shape index (κ2) is 5.85. The Bertz CT molecular complexity index is 1460. The van der Waals surface area contributed by atoms with Crippen LogP contribution >= 0.6 is 0 Å². The average molecular weight is 372 g/mol. The third-order valence-electron chi connectivity index (χ3n) is 4.92. The van der Waals surface area contributed by atoms with E-state index in [1.807, 2.05) is 55.5 Å². The van der Waals surface area contributed by atoms with Crippen LogP contribution in [0.2, 0.25) is 0 Å². The van der Waals surface area contributed by atoms with Gasteiger partial charge in [0, 0.05) is 7.05 Å². The quantitative estimate of drug-likeness (QED) is 0.470. The highest BCUT2D eigenvalue weighted by atomic mass is 16.5. The zero-order chi connectivity index (χ0) is 19.4. The van der Waals surface area contributed by atoms with E-state index < -0.39 is 0 Å². The third kappa shape index (κ3) is 2.42. The molecule has 0 unspecified atom stereocenters. The van der Waals surface area contributed by atoms with Crippen LogP contribution in [0.15, 0.2) is 79.3 Å². The number of aromatic nitrogens is 2. The van der Waals surface area contributed by atoms with Crippen LogP contribution in [0, 0.1) is 6.92 Å². The summed E-state index contributed by atoms with van der Waals surface area (Å²) in [6.45, 7) is 1.99. The molecule has 2 aromatic heterocycles. The van der Waals surface area contributed by atoms with Crippen LogP contribution in [0.3, 0.4) is 0 Å². The number of hydrogen-bond acceptors (Lipinski definition) is 4. The normalized spacial score (nSPS) is 11.5. The molecule has 3 aromatic carbocycles. The lowest BCUT2D eigenvalue weighted by Gasteiger charge is -2.01. The van der Waals surface area contributed by atoms with Crippen molar-refractivity contribution >= 4 is 21.9 Å². The summed E-state index contributed by atoms with van der Waals surface area (Å²) in [5, 5.41) is 1.04. The lowest BCUT2D eigenvalue weighted by molar-refractivity contribution is 0.324. The summed E-state index contributed by atoms with van der Waals surface area (Å²) in [5.74, 6) is 0. The molecule has 0 radical (unpaired) electrons. The molecule has 0 aliphatic rings. The average Bonchev–Trinajstić information content (AvgIpc) is 3.18. The second-order valence-electron chi connectivity index (χ2n) is 6.84. The molecular formula is C22H16N2O4. The smallest absolute Gasteiger partial charge is 0.295 e. The van der Waals surface area contributed by atoms with Crippen molar-refractivity contribution in [3.63, 3.8) is 0 Å². The van der Waals surface area contributed by atoms with Gasteiger partial charge >= 0.3 is 0 Å². The molecule has 5 aromatic rings. The molecule has 0 aliphatic heterocycles. The van der Waals surface area contributed by atoms with Gasteiger partial charge in [-0.15, -0.1) is 4.74 Å². The van der Waals surface area contributed by atoms with Crippen molar-refractivity contribution in [2.75, 3.05) is 0 Å². The first-order valence-corrected chi connectivity index (χ1v) is 8.85. The summed E-state index contributed by atoms with van der Waals surface area (Å²) < 4.78 is 13.8. The Morgan fingerprint density at radius 3 is 1.93 bits per heavy atom. The van der Waals surface area contributed by atoms with Crippen LogP contribution in [0.25, 0.3) is 38.8 Å². The number of benzene rings is 3. The molecule has 0 fully saturated rings. The summed E-state index contributed by atoms with van der Waals surface area (Å²) in [4.78, 5) is 24.7. The molecule has 138 valence electrons. The summed E-state index contributed by atoms with van der Waals surface area (Å²) in [5.41, 5.74) is 4.17. The van der Waals surface area contributed by atoms with Crippen LogP contribution in [-0.4, -0.2) is 9.48 Å². The molecule has 0 spiro atoms. The molecule has 0 saturated carbocycles. The summed E-state index contributed by atoms with van der Waals surface area (Å²) in [6, 6.07) is 18.4. The van der Waals surface area contributed by atoms with Gasteiger partial charge in [-0.05, 0) is 54.4 Å². The van der Waals surface area contributed by atoms with Crippen molar-refractivity contribution < 1.29 is 9.05 Å². The minimum absolute atomic E-state index is 0.168. The predicted octanol–water partition coefficient (Wildman–Crippen LogP) is 4.00. The van der Waals surface area contributed by atoms with Crippen LogP contribution in [0.5, 0.6) is 0 Å². The van der Waals surface area contributed by atoms with Gasteiger partial charge in [-0.1, -0.05) is 29.8 Å². The highest BCUT2D eigenvalue weighted by Gasteiger charge is 2.13. The van der Waals surface area contributed by atoms with E-state index in [0.717, 1.165) is 16.7 Å². The largest absolute Gasteiger partial charge is 0.376 e. The molecule has 0 atom stereocenters. The van der Waals surface area contributed by atoms with Gasteiger partial charge in [-0.2, -0.15) is 4.74 Å². The molecule has 6 nitrogen and oxygen atoms in total. The first-order chi connectivity index (χ1) is 13.5. The van der Waals surface area contributed by atoms with Gasteiger partial charge in [0.15, 0.2) is 11.2 Å². The first-order valence-electron chi connectivity index (χ1n) is 8.85. The van der Waals surface area contributed by atoms with Gasteiger partial charge in [0.05, 0.1) is 16.5 Å². The molecule has 6 heteroatoms. The number of rotatable bonds is 2. The van der Waals surface area contributed by atoms with Crippen molar-refractivity contribution in [1.82, 2.24) is 9.48 Å². The van der Waals surface area contributed by atoms with Crippen LogP contribution in [0.4, 0.5) is 0 Å². The van der Waals surface area contributed by atoms with Crippen molar-refractivity contribution in [3.05, 3.63) is 86.9 Å². The predicted molar refractivity (Wildman–Crippen MR) is 107 cm³/mol. The topological polar surface area (TPSA) is 70.3 Å². The van der Waals surface area contributed by atoms with E-state index in [9.17, 15) is 9.59 Å². The minimum atomic E-state index is -0.199. The fraction of sp³-hybridized carbons (Fsp3) is 0.0909. The standard InChI is InChI=1S/C22H16N2O4/c1-13-3-7-16(8-4-13)24-22(26)18-10-6-15(12-20(18)28-24)14-5-9-17-19(11-14)27-23(2)21(17)25/h3-12H,1-2H3. The molecule has 0 aliphatic carbocycles. The number of aryl methyl sites for hydroxylation is 2. The van der Waals surface area contributed by atoms with Gasteiger partial charge in [-0.3, -0.25) is 9.59 Å². The third-order valence-corrected chi connectivity index (χ3v) is 4.92. The maximum absolute atomic E-state index is 12.7. The molecule has 0 saturated heterocycles. The van der Waals surface area contributed by atoms with E-state index in [0.29, 0.717) is 27.6 Å². The van der Waals surface area contributed by atoms with E-state index in [1.165, 1.54) is 9.48 Å². The maximum atomic E-state index is 12.7. The van der Waals surface area contributed by atoms with E-state index >= 15 is 0 Å². The molecule has 0 bridgehead atoms. The highest BCUT2D eigenvalue weighted by Crippen LogP contribution is 2.27. The summed E-state index contributed by atoms with van der Waals surface area (Å²) in [6.07, 6.45) is 0. The SMILES string of the molecule is Cc1ccc(-n2oc3cc(-c4ccc5c(=O)n(C)oc5c4)ccc3c2=O)cc1. The Hall–Kier alpha value is -3.80. The highest BCUT2D eigenvalue weighted by molar-refractivity contribution is 5.86. The van der Waals surface area contributed by atoms with Gasteiger partial charge in [0.25, 0.3) is 11.1 Å². The number of nitrogens with zero attached hydrogens (tertiary/aromatic N) is 2. The van der Waals surface area contributed by atoms with Crippen molar-refractivity contribution in [2.24, 2.45) is 7.05 Å². The van der Waals surface area contributed by atoms with Crippen molar-refractivity contribution in [1.29, 1.82) is 0 Å². The van der Waals surface area contributed by atoms with E-state index in [4.69, 9.17) is 9.05 Å². The molecule has 28 heavy (non-hydrogen) atoms. The molecule has 0 amide bonds. The van der Waals surface area contributed by atoms with Gasteiger partial charge in [0.1, 0.15) is 0 Å². The molecular weight excluding hydrogens is 356 g/mol. The lowest BCUT2D eigenvalue weighted by atomic mass is 10.0. The second-order valence-corrected chi connectivity index (χ2v) is 6.84. The first kappa shape index (κ1) is 16.4. The van der Waals surface area contributed by atoms with Crippen molar-refractivity contribution in [2.45, 2.75) is 6.92 Å². The minimum Gasteiger partial charge on any atom is -0.376 e. The molecule has 0 N–H and O–H groups in total. The number of hydrogen-bond donors (Lipinski definition) is 0. The van der Waals surface area contributed by atoms with Crippen LogP contribution in [-0.2, 0) is 7.05 Å². The Labute approximate surface area is 158 Å². The summed E-state index contributed by atoms with van der Waals surface area (Å²) in [7, 11) is 1.58. The van der Waals surface area contributed by atoms with Crippen LogP contribution in [0.1, 0.15) is 5.56 Å². The fourth-order valence-corrected chi connectivity index (χ4v) is 3.37.